The number of halogens is 2. The van der Waals surface area contributed by atoms with Crippen molar-refractivity contribution in [2.75, 3.05) is 0 Å². The van der Waals surface area contributed by atoms with Gasteiger partial charge in [0, 0.05) is 29.2 Å². The highest BCUT2D eigenvalue weighted by Gasteiger charge is 2.36. The maximum absolute atomic E-state index is 14.2. The zero-order chi connectivity index (χ0) is 18.1. The molecule has 132 valence electrons. The number of benzene rings is 1. The number of hydrogen-bond acceptors (Lipinski definition) is 5. The molecule has 2 aromatic heterocycles. The summed E-state index contributed by atoms with van der Waals surface area (Å²) in [7, 11) is 0. The van der Waals surface area contributed by atoms with E-state index in [2.05, 4.69) is 31.1 Å². The maximum atomic E-state index is 14.2. The number of likely N-dealkylation sites (tertiary alicyclic amines) is 1. The molecule has 1 aliphatic heterocycles. The fraction of sp³-hybridized carbons (Fsp3) is 0.222. The van der Waals surface area contributed by atoms with E-state index in [-0.39, 0.29) is 24.3 Å². The van der Waals surface area contributed by atoms with Crippen molar-refractivity contribution < 1.29 is 13.7 Å². The molecule has 1 amide bonds. The highest BCUT2D eigenvalue weighted by atomic mass is 79.9. The van der Waals surface area contributed by atoms with Crippen LogP contribution < -0.4 is 0 Å². The normalized spacial score (nSPS) is 17.1. The summed E-state index contributed by atoms with van der Waals surface area (Å²) >= 11 is 3.23. The Morgan fingerprint density at radius 2 is 2.19 bits per heavy atom. The molecular weight excluding hydrogens is 403 g/mol. The first-order valence-electron chi connectivity index (χ1n) is 8.10. The number of nitrogens with zero attached hydrogens (tertiary/aromatic N) is 4. The van der Waals surface area contributed by atoms with Crippen molar-refractivity contribution in [1.82, 2.24) is 20.0 Å². The molecule has 0 radical (unpaired) electrons. The van der Waals surface area contributed by atoms with Crippen LogP contribution >= 0.6 is 15.9 Å². The van der Waals surface area contributed by atoms with Gasteiger partial charge in [0.2, 0.25) is 17.6 Å². The lowest BCUT2D eigenvalue weighted by molar-refractivity contribution is -0.130. The van der Waals surface area contributed by atoms with Crippen LogP contribution in [0.4, 0.5) is 4.39 Å². The van der Waals surface area contributed by atoms with Crippen molar-refractivity contribution in [3.05, 3.63) is 64.3 Å². The first kappa shape index (κ1) is 16.8. The molecule has 3 aromatic rings. The standard InChI is InChI=1S/C18H14BrFN4O2/c19-12-5-4-11(13(20)9-12)10-24-15(6-7-16(24)25)18-22-17(23-26-18)14-3-1-2-8-21-14/h1-5,8-9,15H,6-7,10H2. The summed E-state index contributed by atoms with van der Waals surface area (Å²) in [6.07, 6.45) is 2.57. The lowest BCUT2D eigenvalue weighted by Crippen LogP contribution is -2.27. The van der Waals surface area contributed by atoms with Crippen molar-refractivity contribution >= 4 is 21.8 Å². The number of rotatable bonds is 4. The predicted molar refractivity (Wildman–Crippen MR) is 94.2 cm³/mol. The van der Waals surface area contributed by atoms with Gasteiger partial charge in [-0.2, -0.15) is 4.98 Å². The quantitative estimate of drug-likeness (QED) is 0.644. The predicted octanol–water partition coefficient (Wildman–Crippen LogP) is 3.90. The molecule has 1 atom stereocenters. The molecule has 1 aliphatic rings. The third-order valence-electron chi connectivity index (χ3n) is 4.30. The molecule has 6 nitrogen and oxygen atoms in total. The summed E-state index contributed by atoms with van der Waals surface area (Å²) in [6.45, 7) is 0.157. The molecule has 1 saturated heterocycles. The number of amides is 1. The molecule has 0 spiro atoms. The molecule has 4 rings (SSSR count). The van der Waals surface area contributed by atoms with Crippen LogP contribution in [0.3, 0.4) is 0 Å². The van der Waals surface area contributed by atoms with E-state index in [4.69, 9.17) is 4.52 Å². The summed E-state index contributed by atoms with van der Waals surface area (Å²) < 4.78 is 20.2. The highest BCUT2D eigenvalue weighted by Crippen LogP contribution is 2.34. The van der Waals surface area contributed by atoms with Gasteiger partial charge in [-0.05, 0) is 30.7 Å². The van der Waals surface area contributed by atoms with E-state index in [9.17, 15) is 9.18 Å². The van der Waals surface area contributed by atoms with Crippen LogP contribution in [0.1, 0.15) is 30.3 Å². The average Bonchev–Trinajstić information content (AvgIpc) is 3.26. The number of carbonyl (C=O) groups is 1. The minimum atomic E-state index is -0.365. The molecule has 0 N–H and O–H groups in total. The molecule has 3 heterocycles. The summed E-state index contributed by atoms with van der Waals surface area (Å²) in [5, 5.41) is 3.96. The number of carbonyl (C=O) groups excluding carboxylic acids is 1. The van der Waals surface area contributed by atoms with E-state index in [1.807, 2.05) is 6.07 Å². The number of pyridine rings is 1. The van der Waals surface area contributed by atoms with Crippen LogP contribution in [0.15, 0.2) is 51.6 Å². The highest BCUT2D eigenvalue weighted by molar-refractivity contribution is 9.10. The van der Waals surface area contributed by atoms with E-state index >= 15 is 0 Å². The summed E-state index contributed by atoms with van der Waals surface area (Å²) in [5.41, 5.74) is 1.04. The van der Waals surface area contributed by atoms with Crippen molar-refractivity contribution in [3.63, 3.8) is 0 Å². The van der Waals surface area contributed by atoms with Crippen molar-refractivity contribution in [2.45, 2.75) is 25.4 Å². The Morgan fingerprint density at radius 1 is 1.31 bits per heavy atom. The monoisotopic (exact) mass is 416 g/mol. The molecule has 1 unspecified atom stereocenters. The topological polar surface area (TPSA) is 72.1 Å². The van der Waals surface area contributed by atoms with Gasteiger partial charge in [0.05, 0.1) is 0 Å². The largest absolute Gasteiger partial charge is 0.337 e. The van der Waals surface area contributed by atoms with E-state index in [1.54, 1.807) is 35.4 Å². The van der Waals surface area contributed by atoms with Crippen LogP contribution in [0, 0.1) is 5.82 Å². The molecule has 0 bridgehead atoms. The minimum absolute atomic E-state index is 0.0603. The first-order chi connectivity index (χ1) is 12.6. The Hall–Kier alpha value is -2.61. The van der Waals surface area contributed by atoms with Crippen LogP contribution in [-0.2, 0) is 11.3 Å². The van der Waals surface area contributed by atoms with Gasteiger partial charge in [-0.15, -0.1) is 0 Å². The van der Waals surface area contributed by atoms with E-state index in [0.29, 0.717) is 40.3 Å². The Balaban J connectivity index is 1.59. The maximum Gasteiger partial charge on any atom is 0.249 e. The fourth-order valence-corrected chi connectivity index (χ4v) is 3.32. The molecule has 8 heteroatoms. The van der Waals surface area contributed by atoms with Gasteiger partial charge < -0.3 is 9.42 Å². The van der Waals surface area contributed by atoms with Crippen LogP contribution in [-0.4, -0.2) is 25.9 Å². The lowest BCUT2D eigenvalue weighted by atomic mass is 10.1. The van der Waals surface area contributed by atoms with E-state index in [1.165, 1.54) is 6.07 Å². The van der Waals surface area contributed by atoms with Crippen molar-refractivity contribution in [2.24, 2.45) is 0 Å². The second kappa shape index (κ2) is 6.95. The second-order valence-corrected chi connectivity index (χ2v) is 6.90. The minimum Gasteiger partial charge on any atom is -0.337 e. The van der Waals surface area contributed by atoms with Gasteiger partial charge in [0.15, 0.2) is 0 Å². The SMILES string of the molecule is O=C1CCC(c2nc(-c3ccccn3)no2)N1Cc1ccc(Br)cc1F. The van der Waals surface area contributed by atoms with E-state index in [0.717, 1.165) is 0 Å². The van der Waals surface area contributed by atoms with Crippen LogP contribution in [0.5, 0.6) is 0 Å². The second-order valence-electron chi connectivity index (χ2n) is 5.98. The molecule has 1 aromatic carbocycles. The van der Waals surface area contributed by atoms with Crippen molar-refractivity contribution in [1.29, 1.82) is 0 Å². The molecule has 0 saturated carbocycles. The van der Waals surface area contributed by atoms with Gasteiger partial charge in [-0.25, -0.2) is 4.39 Å². The zero-order valence-corrected chi connectivity index (χ0v) is 15.2. The molecular formula is C18H14BrFN4O2. The number of aromatic nitrogens is 3. The van der Waals surface area contributed by atoms with Gasteiger partial charge in [-0.1, -0.05) is 33.2 Å². The Morgan fingerprint density at radius 3 is 2.96 bits per heavy atom. The van der Waals surface area contributed by atoms with Crippen molar-refractivity contribution in [3.8, 4) is 11.5 Å². The zero-order valence-electron chi connectivity index (χ0n) is 13.6. The van der Waals surface area contributed by atoms with Gasteiger partial charge >= 0.3 is 0 Å². The molecule has 26 heavy (non-hydrogen) atoms. The average molecular weight is 417 g/mol. The summed E-state index contributed by atoms with van der Waals surface area (Å²) in [6, 6.07) is 9.85. The van der Waals surface area contributed by atoms with Crippen LogP contribution in [0.2, 0.25) is 0 Å². The Kier molecular flexibility index (Phi) is 4.50. The van der Waals surface area contributed by atoms with Gasteiger partial charge in [0.25, 0.3) is 0 Å². The van der Waals surface area contributed by atoms with Gasteiger partial charge in [-0.3, -0.25) is 9.78 Å². The smallest absolute Gasteiger partial charge is 0.249 e. The number of hydrogen-bond donors (Lipinski definition) is 0. The third-order valence-corrected chi connectivity index (χ3v) is 4.80. The molecule has 0 aliphatic carbocycles. The van der Waals surface area contributed by atoms with E-state index < -0.39 is 0 Å². The molecule has 1 fully saturated rings. The first-order valence-corrected chi connectivity index (χ1v) is 8.89. The Bertz CT molecular complexity index is 947. The third kappa shape index (κ3) is 3.24. The van der Waals surface area contributed by atoms with Crippen LogP contribution in [0.25, 0.3) is 11.5 Å². The fourth-order valence-electron chi connectivity index (χ4n) is 2.99. The Labute approximate surface area is 157 Å². The summed E-state index contributed by atoms with van der Waals surface area (Å²) in [5.74, 6) is 0.288. The van der Waals surface area contributed by atoms with Gasteiger partial charge in [0.1, 0.15) is 17.6 Å². The summed E-state index contributed by atoms with van der Waals surface area (Å²) in [4.78, 5) is 22.5. The lowest BCUT2D eigenvalue weighted by Gasteiger charge is -2.22.